The van der Waals surface area contributed by atoms with E-state index in [1.165, 1.54) is 50.3 Å². The summed E-state index contributed by atoms with van der Waals surface area (Å²) < 4.78 is 10.6. The van der Waals surface area contributed by atoms with E-state index in [4.69, 9.17) is 9.47 Å². The van der Waals surface area contributed by atoms with Gasteiger partial charge in [0, 0.05) is 44.2 Å². The van der Waals surface area contributed by atoms with Crippen LogP contribution in [0.3, 0.4) is 0 Å². The summed E-state index contributed by atoms with van der Waals surface area (Å²) in [6.45, 7) is 14.7. The number of hydrogen-bond donors (Lipinski definition) is 1. The minimum Gasteiger partial charge on any atom is -0.462 e. The van der Waals surface area contributed by atoms with E-state index in [9.17, 15) is 14.4 Å². The molecule has 2 heterocycles. The molecule has 1 atom stereocenters. The second-order valence-corrected chi connectivity index (χ2v) is 11.9. The third-order valence-corrected chi connectivity index (χ3v) is 7.67. The van der Waals surface area contributed by atoms with Crippen LogP contribution in [0.15, 0.2) is 23.4 Å². The summed E-state index contributed by atoms with van der Waals surface area (Å²) in [5.41, 5.74) is -0.354. The Labute approximate surface area is 238 Å². The fourth-order valence-electron chi connectivity index (χ4n) is 4.57. The number of alkyl carbamates (subject to hydrolysis) is 1. The highest BCUT2D eigenvalue weighted by atomic mass is 32.2. The molecule has 1 aromatic rings. The average molecular weight is 565 g/mol. The van der Waals surface area contributed by atoms with Gasteiger partial charge < -0.3 is 19.7 Å². The van der Waals surface area contributed by atoms with Crippen molar-refractivity contribution >= 4 is 29.7 Å². The number of unbranched alkanes of at least 4 members (excludes halogenated alkanes) is 2. The maximum atomic E-state index is 13.7. The summed E-state index contributed by atoms with van der Waals surface area (Å²) in [7, 11) is 0. The van der Waals surface area contributed by atoms with Crippen molar-refractivity contribution < 1.29 is 23.9 Å². The number of ether oxygens (including phenoxy) is 2. The fraction of sp³-hybridized carbons (Fsp3) is 0.724. The molecule has 1 N–H and O–H groups in total. The Morgan fingerprint density at radius 1 is 1.05 bits per heavy atom. The minimum atomic E-state index is -0.829. The van der Waals surface area contributed by atoms with Crippen molar-refractivity contribution in [1.82, 2.24) is 20.1 Å². The molecule has 220 valence electrons. The molecule has 0 aliphatic carbocycles. The summed E-state index contributed by atoms with van der Waals surface area (Å²) in [5, 5.41) is 3.23. The van der Waals surface area contributed by atoms with Crippen molar-refractivity contribution in [3.63, 3.8) is 0 Å². The molecule has 9 nitrogen and oxygen atoms in total. The topological polar surface area (TPSA) is 101 Å². The van der Waals surface area contributed by atoms with E-state index in [1.807, 2.05) is 4.90 Å². The molecule has 1 unspecified atom stereocenters. The number of esters is 1. The van der Waals surface area contributed by atoms with Crippen LogP contribution in [0.25, 0.3) is 0 Å². The van der Waals surface area contributed by atoms with Crippen molar-refractivity contribution in [2.75, 3.05) is 38.5 Å². The molecule has 1 aliphatic rings. The third kappa shape index (κ3) is 11.4. The van der Waals surface area contributed by atoms with Gasteiger partial charge in [-0.25, -0.2) is 14.6 Å². The highest BCUT2D eigenvalue weighted by Crippen LogP contribution is 2.23. The monoisotopic (exact) mass is 564 g/mol. The van der Waals surface area contributed by atoms with E-state index in [-0.39, 0.29) is 18.3 Å². The number of rotatable bonds is 14. The lowest BCUT2D eigenvalue weighted by Gasteiger charge is -2.40. The quantitative estimate of drug-likeness (QED) is 0.245. The number of carbonyl (C=O) groups excluding carboxylic acids is 3. The lowest BCUT2D eigenvalue weighted by atomic mass is 10.0. The zero-order valence-corrected chi connectivity index (χ0v) is 25.5. The number of thioether (sulfide) groups is 1. The highest BCUT2D eigenvalue weighted by Gasteiger charge is 2.32. The summed E-state index contributed by atoms with van der Waals surface area (Å²) in [5.74, 6) is -0.412. The van der Waals surface area contributed by atoms with Gasteiger partial charge in [-0.05, 0) is 52.7 Å². The number of piperazine rings is 1. The largest absolute Gasteiger partial charge is 0.462 e. The average Bonchev–Trinajstić information content (AvgIpc) is 2.90. The van der Waals surface area contributed by atoms with Crippen LogP contribution in [-0.2, 0) is 14.3 Å². The normalized spacial score (nSPS) is 15.2. The molecule has 2 rings (SSSR count). The summed E-state index contributed by atoms with van der Waals surface area (Å²) in [6, 6.07) is 3.05. The van der Waals surface area contributed by atoms with E-state index in [1.54, 1.807) is 46.0 Å². The van der Waals surface area contributed by atoms with E-state index in [0.29, 0.717) is 29.7 Å². The van der Waals surface area contributed by atoms with Gasteiger partial charge in [0.25, 0.3) is 0 Å². The second-order valence-electron chi connectivity index (χ2n) is 10.9. The van der Waals surface area contributed by atoms with Crippen LogP contribution in [0, 0.1) is 0 Å². The zero-order valence-electron chi connectivity index (χ0n) is 24.7. The van der Waals surface area contributed by atoms with Crippen LogP contribution in [0.2, 0.25) is 0 Å². The van der Waals surface area contributed by atoms with Gasteiger partial charge in [-0.15, -0.1) is 11.8 Å². The molecule has 0 aromatic carbocycles. The van der Waals surface area contributed by atoms with Crippen LogP contribution in [0.5, 0.6) is 0 Å². The molecule has 0 radical (unpaired) electrons. The van der Waals surface area contributed by atoms with Gasteiger partial charge in [-0.2, -0.15) is 0 Å². The Balaban J connectivity index is 2.12. The maximum Gasteiger partial charge on any atom is 0.408 e. The molecule has 1 aromatic heterocycles. The Morgan fingerprint density at radius 3 is 2.26 bits per heavy atom. The molecular weight excluding hydrogens is 516 g/mol. The molecule has 39 heavy (non-hydrogen) atoms. The number of aromatic nitrogens is 1. The zero-order chi connectivity index (χ0) is 28.8. The molecule has 0 saturated carbocycles. The first-order valence-corrected chi connectivity index (χ1v) is 15.3. The van der Waals surface area contributed by atoms with Crippen molar-refractivity contribution in [1.29, 1.82) is 0 Å². The van der Waals surface area contributed by atoms with Crippen LogP contribution >= 0.6 is 11.8 Å². The van der Waals surface area contributed by atoms with Crippen molar-refractivity contribution in [3.8, 4) is 0 Å². The standard InChI is InChI=1S/C29H48N4O5S/c1-7-10-13-22(14-11-8-2)32-17-19-33(20-18-32)26(34)24(31-28(36)38-29(4,5)6)21-39-25-23(15-12-16-30-25)27(35)37-9-3/h12,15-16,22,24H,7-11,13-14,17-21H2,1-6H3,(H,31,36). The van der Waals surface area contributed by atoms with Gasteiger partial charge >= 0.3 is 12.1 Å². The molecule has 1 fully saturated rings. The molecular formula is C29H48N4O5S. The first kappa shape index (κ1) is 32.9. The van der Waals surface area contributed by atoms with Crippen LogP contribution in [0.1, 0.15) is 90.4 Å². The van der Waals surface area contributed by atoms with E-state index >= 15 is 0 Å². The highest BCUT2D eigenvalue weighted by molar-refractivity contribution is 7.99. The summed E-state index contributed by atoms with van der Waals surface area (Å²) >= 11 is 1.25. The lowest BCUT2D eigenvalue weighted by Crippen LogP contribution is -2.57. The van der Waals surface area contributed by atoms with Gasteiger partial charge in [-0.3, -0.25) is 9.69 Å². The number of nitrogens with zero attached hydrogens (tertiary/aromatic N) is 3. The van der Waals surface area contributed by atoms with E-state index < -0.39 is 23.7 Å². The van der Waals surface area contributed by atoms with Crippen molar-refractivity contribution in [2.24, 2.45) is 0 Å². The minimum absolute atomic E-state index is 0.153. The number of pyridine rings is 1. The molecule has 1 aliphatic heterocycles. The third-order valence-electron chi connectivity index (χ3n) is 6.57. The second kappa shape index (κ2) is 16.7. The Morgan fingerprint density at radius 2 is 1.69 bits per heavy atom. The first-order valence-electron chi connectivity index (χ1n) is 14.4. The van der Waals surface area contributed by atoms with Crippen molar-refractivity contribution in [3.05, 3.63) is 23.9 Å². The maximum absolute atomic E-state index is 13.7. The molecule has 0 bridgehead atoms. The summed E-state index contributed by atoms with van der Waals surface area (Å²) in [4.78, 5) is 47.4. The molecule has 0 spiro atoms. The number of carbonyl (C=O) groups is 3. The predicted molar refractivity (Wildman–Crippen MR) is 155 cm³/mol. The van der Waals surface area contributed by atoms with E-state index in [2.05, 4.69) is 29.0 Å². The molecule has 2 amide bonds. The molecule has 1 saturated heterocycles. The Kier molecular flexibility index (Phi) is 14.1. The summed E-state index contributed by atoms with van der Waals surface area (Å²) in [6.07, 6.45) is 8.13. The fourth-order valence-corrected chi connectivity index (χ4v) is 5.57. The van der Waals surface area contributed by atoms with Gasteiger partial charge in [-0.1, -0.05) is 39.5 Å². The van der Waals surface area contributed by atoms with Gasteiger partial charge in [0.1, 0.15) is 16.7 Å². The lowest BCUT2D eigenvalue weighted by molar-refractivity contribution is -0.135. The first-order chi connectivity index (χ1) is 18.6. The Hall–Kier alpha value is -2.33. The van der Waals surface area contributed by atoms with E-state index in [0.717, 1.165) is 13.1 Å². The predicted octanol–water partition coefficient (Wildman–Crippen LogP) is 5.14. The smallest absolute Gasteiger partial charge is 0.408 e. The number of amides is 2. The molecule has 10 heteroatoms. The van der Waals surface area contributed by atoms with Crippen LogP contribution in [-0.4, -0.2) is 89.0 Å². The van der Waals surface area contributed by atoms with Crippen LogP contribution in [0.4, 0.5) is 4.79 Å². The Bertz CT molecular complexity index is 907. The van der Waals surface area contributed by atoms with Gasteiger partial charge in [0.15, 0.2) is 0 Å². The number of hydrogen-bond acceptors (Lipinski definition) is 8. The van der Waals surface area contributed by atoms with Crippen molar-refractivity contribution in [2.45, 2.75) is 103 Å². The van der Waals surface area contributed by atoms with Crippen LogP contribution < -0.4 is 5.32 Å². The SMILES string of the molecule is CCCCC(CCCC)N1CCN(C(=O)C(CSc2ncccc2C(=O)OCC)NC(=O)OC(C)(C)C)CC1. The van der Waals surface area contributed by atoms with Gasteiger partial charge in [0.2, 0.25) is 5.91 Å². The number of nitrogens with one attached hydrogen (secondary N) is 1. The van der Waals surface area contributed by atoms with Gasteiger partial charge in [0.05, 0.1) is 12.2 Å².